The first-order valence-corrected chi connectivity index (χ1v) is 9.21. The highest BCUT2D eigenvalue weighted by molar-refractivity contribution is 14.0. The molecule has 0 amide bonds. The minimum absolute atomic E-state index is 0. The van der Waals surface area contributed by atoms with E-state index in [2.05, 4.69) is 39.4 Å². The number of thiazole rings is 1. The molecule has 1 aliphatic heterocycles. The molecule has 1 aromatic rings. The molecule has 138 valence electrons. The maximum absolute atomic E-state index is 5.39. The highest BCUT2D eigenvalue weighted by Crippen LogP contribution is 2.12. The third-order valence-electron chi connectivity index (χ3n) is 3.87. The van der Waals surface area contributed by atoms with Crippen LogP contribution in [0.1, 0.15) is 23.7 Å². The third kappa shape index (κ3) is 7.62. The zero-order chi connectivity index (χ0) is 16.5. The first-order chi connectivity index (χ1) is 11.2. The average molecular weight is 467 g/mol. The van der Waals surface area contributed by atoms with Crippen LogP contribution in [-0.4, -0.2) is 62.3 Å². The fourth-order valence-electron chi connectivity index (χ4n) is 2.53. The van der Waals surface area contributed by atoms with E-state index in [-0.39, 0.29) is 24.0 Å². The van der Waals surface area contributed by atoms with Crippen LogP contribution in [0.4, 0.5) is 0 Å². The van der Waals surface area contributed by atoms with Crippen LogP contribution in [0, 0.1) is 5.92 Å². The van der Waals surface area contributed by atoms with Gasteiger partial charge in [-0.25, -0.2) is 4.98 Å². The first-order valence-electron chi connectivity index (χ1n) is 8.39. The molecule has 0 bridgehead atoms. The quantitative estimate of drug-likeness (QED) is 0.365. The van der Waals surface area contributed by atoms with Crippen LogP contribution >= 0.6 is 35.3 Å². The van der Waals surface area contributed by atoms with Gasteiger partial charge in [-0.1, -0.05) is 13.8 Å². The van der Waals surface area contributed by atoms with Crippen molar-refractivity contribution in [2.75, 3.05) is 46.4 Å². The summed E-state index contributed by atoms with van der Waals surface area (Å²) < 4.78 is 5.39. The molecular formula is C16H30IN5OS. The van der Waals surface area contributed by atoms with Gasteiger partial charge in [-0.05, 0) is 12.3 Å². The normalized spacial score (nSPS) is 17.2. The maximum atomic E-state index is 5.39. The fourth-order valence-corrected chi connectivity index (χ4v) is 3.34. The van der Waals surface area contributed by atoms with Crippen molar-refractivity contribution in [3.63, 3.8) is 0 Å². The van der Waals surface area contributed by atoms with E-state index in [1.807, 2.05) is 6.20 Å². The van der Waals surface area contributed by atoms with Gasteiger partial charge in [0.25, 0.3) is 0 Å². The van der Waals surface area contributed by atoms with Crippen LogP contribution < -0.4 is 10.6 Å². The Morgan fingerprint density at radius 2 is 2.17 bits per heavy atom. The second-order valence-electron chi connectivity index (χ2n) is 5.90. The van der Waals surface area contributed by atoms with Gasteiger partial charge in [0.05, 0.1) is 19.8 Å². The minimum atomic E-state index is 0. The molecule has 2 heterocycles. The SMILES string of the molecule is CCc1cnc(CNC(=NC)NCC(C)CN2CCOCC2)s1.I. The zero-order valence-electron chi connectivity index (χ0n) is 14.9. The van der Waals surface area contributed by atoms with Crippen LogP contribution in [0.5, 0.6) is 0 Å². The van der Waals surface area contributed by atoms with E-state index in [9.17, 15) is 0 Å². The lowest BCUT2D eigenvalue weighted by molar-refractivity contribution is 0.0320. The predicted octanol–water partition coefficient (Wildman–Crippen LogP) is 1.96. The number of aryl methyl sites for hydroxylation is 1. The largest absolute Gasteiger partial charge is 0.379 e. The van der Waals surface area contributed by atoms with Gasteiger partial charge in [0, 0.05) is 44.3 Å². The molecule has 0 spiro atoms. The molecule has 2 rings (SSSR count). The molecule has 0 saturated carbocycles. The maximum Gasteiger partial charge on any atom is 0.191 e. The average Bonchev–Trinajstić information content (AvgIpc) is 3.04. The lowest BCUT2D eigenvalue weighted by Gasteiger charge is -2.29. The molecule has 1 aliphatic rings. The number of hydrogen-bond donors (Lipinski definition) is 2. The lowest BCUT2D eigenvalue weighted by Crippen LogP contribution is -2.43. The van der Waals surface area contributed by atoms with Crippen LogP contribution in [0.25, 0.3) is 0 Å². The van der Waals surface area contributed by atoms with Crippen molar-refractivity contribution in [3.05, 3.63) is 16.1 Å². The molecule has 1 saturated heterocycles. The molecule has 0 aliphatic carbocycles. The summed E-state index contributed by atoms with van der Waals surface area (Å²) in [7, 11) is 1.81. The highest BCUT2D eigenvalue weighted by atomic mass is 127. The molecule has 24 heavy (non-hydrogen) atoms. The Morgan fingerprint density at radius 1 is 1.42 bits per heavy atom. The van der Waals surface area contributed by atoms with Gasteiger partial charge in [0.2, 0.25) is 0 Å². The Balaban J connectivity index is 0.00000288. The Morgan fingerprint density at radius 3 is 2.79 bits per heavy atom. The summed E-state index contributed by atoms with van der Waals surface area (Å²) in [4.78, 5) is 12.5. The van der Waals surface area contributed by atoms with Gasteiger partial charge < -0.3 is 15.4 Å². The Hall–Kier alpha value is -0.450. The minimum Gasteiger partial charge on any atom is -0.379 e. The van der Waals surface area contributed by atoms with Gasteiger partial charge >= 0.3 is 0 Å². The number of rotatable bonds is 7. The fraction of sp³-hybridized carbons (Fsp3) is 0.750. The number of hydrogen-bond acceptors (Lipinski definition) is 5. The topological polar surface area (TPSA) is 61.8 Å². The van der Waals surface area contributed by atoms with Crippen molar-refractivity contribution in [1.82, 2.24) is 20.5 Å². The number of halogens is 1. The van der Waals surface area contributed by atoms with Crippen molar-refractivity contribution >= 4 is 41.3 Å². The van der Waals surface area contributed by atoms with Crippen molar-refractivity contribution in [2.24, 2.45) is 10.9 Å². The number of nitrogens with one attached hydrogen (secondary N) is 2. The molecule has 1 fully saturated rings. The second kappa shape index (κ2) is 12.0. The summed E-state index contributed by atoms with van der Waals surface area (Å²) in [5, 5.41) is 7.85. The van der Waals surface area contributed by atoms with E-state index in [4.69, 9.17) is 4.74 Å². The Bertz CT molecular complexity index is 491. The number of nitrogens with zero attached hydrogens (tertiary/aromatic N) is 3. The van der Waals surface area contributed by atoms with Gasteiger partial charge in [-0.3, -0.25) is 9.89 Å². The molecule has 6 nitrogen and oxygen atoms in total. The monoisotopic (exact) mass is 467 g/mol. The number of aliphatic imine (C=N–C) groups is 1. The lowest BCUT2D eigenvalue weighted by atomic mass is 10.1. The summed E-state index contributed by atoms with van der Waals surface area (Å²) in [6, 6.07) is 0. The van der Waals surface area contributed by atoms with Crippen LogP contribution in [-0.2, 0) is 17.7 Å². The standard InChI is InChI=1S/C16H29N5OS.HI/c1-4-14-10-18-15(23-14)11-20-16(17-3)19-9-13(2)12-21-5-7-22-8-6-21;/h10,13H,4-9,11-12H2,1-3H3,(H2,17,19,20);1H. The van der Waals surface area contributed by atoms with Crippen molar-refractivity contribution in [1.29, 1.82) is 0 Å². The molecule has 1 atom stereocenters. The van der Waals surface area contributed by atoms with E-state index in [1.165, 1.54) is 4.88 Å². The van der Waals surface area contributed by atoms with E-state index in [0.717, 1.165) is 63.3 Å². The molecule has 1 aromatic heterocycles. The predicted molar refractivity (Wildman–Crippen MR) is 112 cm³/mol. The summed E-state index contributed by atoms with van der Waals surface area (Å²) in [5.41, 5.74) is 0. The van der Waals surface area contributed by atoms with Crippen LogP contribution in [0.3, 0.4) is 0 Å². The molecular weight excluding hydrogens is 437 g/mol. The second-order valence-corrected chi connectivity index (χ2v) is 7.10. The van der Waals surface area contributed by atoms with Crippen molar-refractivity contribution < 1.29 is 4.74 Å². The van der Waals surface area contributed by atoms with Crippen LogP contribution in [0.2, 0.25) is 0 Å². The van der Waals surface area contributed by atoms with Gasteiger partial charge in [0.1, 0.15) is 5.01 Å². The molecule has 8 heteroatoms. The molecule has 1 unspecified atom stereocenters. The summed E-state index contributed by atoms with van der Waals surface area (Å²) in [6.07, 6.45) is 3.01. The van der Waals surface area contributed by atoms with Gasteiger partial charge in [-0.2, -0.15) is 0 Å². The Labute approximate surface area is 166 Å². The highest BCUT2D eigenvalue weighted by Gasteiger charge is 2.14. The van der Waals surface area contributed by atoms with Gasteiger partial charge in [0.15, 0.2) is 5.96 Å². The number of ether oxygens (including phenoxy) is 1. The number of aromatic nitrogens is 1. The number of guanidine groups is 1. The van der Waals surface area contributed by atoms with Gasteiger partial charge in [-0.15, -0.1) is 35.3 Å². The third-order valence-corrected chi connectivity index (χ3v) is 5.01. The van der Waals surface area contributed by atoms with Crippen LogP contribution in [0.15, 0.2) is 11.2 Å². The zero-order valence-corrected chi connectivity index (χ0v) is 18.0. The summed E-state index contributed by atoms with van der Waals surface area (Å²) in [6.45, 7) is 11.0. The van der Waals surface area contributed by atoms with E-state index in [0.29, 0.717) is 5.92 Å². The molecule has 2 N–H and O–H groups in total. The first kappa shape index (κ1) is 21.6. The van der Waals surface area contributed by atoms with E-state index in [1.54, 1.807) is 18.4 Å². The van der Waals surface area contributed by atoms with E-state index >= 15 is 0 Å². The summed E-state index contributed by atoms with van der Waals surface area (Å²) in [5.74, 6) is 1.41. The Kier molecular flexibility index (Phi) is 10.8. The van der Waals surface area contributed by atoms with Crippen molar-refractivity contribution in [2.45, 2.75) is 26.8 Å². The molecule has 0 radical (unpaired) electrons. The summed E-state index contributed by atoms with van der Waals surface area (Å²) >= 11 is 1.76. The number of morpholine rings is 1. The van der Waals surface area contributed by atoms with E-state index < -0.39 is 0 Å². The molecule has 0 aromatic carbocycles. The van der Waals surface area contributed by atoms with Crippen molar-refractivity contribution in [3.8, 4) is 0 Å². The smallest absolute Gasteiger partial charge is 0.191 e.